The van der Waals surface area contributed by atoms with Crippen LogP contribution in [0.1, 0.15) is 17.4 Å². The number of benzene rings is 1. The van der Waals surface area contributed by atoms with Crippen molar-refractivity contribution < 1.29 is 19.0 Å². The maximum Gasteiger partial charge on any atom is 0.252 e. The van der Waals surface area contributed by atoms with Gasteiger partial charge in [0.25, 0.3) is 5.43 Å². The minimum absolute atomic E-state index is 0.0244. The molecule has 0 aliphatic carbocycles. The van der Waals surface area contributed by atoms with Gasteiger partial charge in [-0.05, 0) is 12.1 Å². The van der Waals surface area contributed by atoms with Crippen molar-refractivity contribution in [2.75, 3.05) is 7.11 Å². The number of rotatable bonds is 3. The molecule has 0 aliphatic rings. The Kier molecular flexibility index (Phi) is 3.51. The first-order valence-corrected chi connectivity index (χ1v) is 5.62. The van der Waals surface area contributed by atoms with Gasteiger partial charge in [-0.25, -0.2) is 9.07 Å². The van der Waals surface area contributed by atoms with Crippen molar-refractivity contribution in [3.63, 3.8) is 0 Å². The fourth-order valence-corrected chi connectivity index (χ4v) is 1.65. The van der Waals surface area contributed by atoms with Crippen LogP contribution in [0.5, 0.6) is 11.5 Å². The number of hydrogen-bond acceptors (Lipinski definition) is 5. The molecular formula is C13H11FN2O4. The van der Waals surface area contributed by atoms with Crippen LogP contribution < -0.4 is 10.2 Å². The first-order valence-electron chi connectivity index (χ1n) is 5.62. The zero-order chi connectivity index (χ0) is 14.9. The molecule has 1 N–H and O–H groups in total. The molecule has 0 unspecified atom stereocenters. The van der Waals surface area contributed by atoms with E-state index in [-0.39, 0.29) is 22.9 Å². The van der Waals surface area contributed by atoms with Gasteiger partial charge in [0.2, 0.25) is 0 Å². The van der Waals surface area contributed by atoms with E-state index in [1.54, 1.807) is 0 Å². The topological polar surface area (TPSA) is 81.4 Å². The molecule has 0 radical (unpaired) electrons. The van der Waals surface area contributed by atoms with Crippen LogP contribution in [-0.2, 0) is 0 Å². The number of halogens is 1. The second-order valence-electron chi connectivity index (χ2n) is 4.01. The normalized spacial score (nSPS) is 10.3. The summed E-state index contributed by atoms with van der Waals surface area (Å²) < 4.78 is 19.7. The number of phenols is 1. The second kappa shape index (κ2) is 5.12. The summed E-state index contributed by atoms with van der Waals surface area (Å²) in [5, 5.41) is 13.0. The molecule has 0 saturated carbocycles. The van der Waals surface area contributed by atoms with Crippen molar-refractivity contribution in [1.82, 2.24) is 9.78 Å². The molecule has 0 aliphatic heterocycles. The quantitative estimate of drug-likeness (QED) is 0.855. The van der Waals surface area contributed by atoms with Gasteiger partial charge in [0.1, 0.15) is 11.4 Å². The highest BCUT2D eigenvalue weighted by Crippen LogP contribution is 2.19. The number of carbonyl (C=O) groups excluding carboxylic acids is 1. The summed E-state index contributed by atoms with van der Waals surface area (Å²) in [7, 11) is 1.26. The van der Waals surface area contributed by atoms with Gasteiger partial charge >= 0.3 is 0 Å². The molecule has 0 spiro atoms. The molecule has 0 bridgehead atoms. The van der Waals surface area contributed by atoms with Gasteiger partial charge in [-0.3, -0.25) is 9.59 Å². The number of Topliss-reactive ketones (excluding diaryl/α,β-unsaturated/α-hetero) is 1. The highest BCUT2D eigenvalue weighted by molar-refractivity contribution is 5.92. The van der Waals surface area contributed by atoms with Gasteiger partial charge in [-0.15, -0.1) is 0 Å². The molecule has 104 valence electrons. The second-order valence-corrected chi connectivity index (χ2v) is 4.01. The lowest BCUT2D eigenvalue weighted by Gasteiger charge is -2.10. The smallest absolute Gasteiger partial charge is 0.252 e. The van der Waals surface area contributed by atoms with Crippen molar-refractivity contribution in [2.24, 2.45) is 0 Å². The molecule has 0 fully saturated rings. The maximum atomic E-state index is 13.8. The average molecular weight is 278 g/mol. The highest BCUT2D eigenvalue weighted by atomic mass is 19.1. The maximum absolute atomic E-state index is 13.8. The van der Waals surface area contributed by atoms with Crippen molar-refractivity contribution in [3.05, 3.63) is 46.1 Å². The average Bonchev–Trinajstić information content (AvgIpc) is 2.39. The standard InChI is InChI=1S/C13H11FN2O4/c1-7(17)12-13(19)11(20-2)6-16(15-12)10-4-3-8(18)5-9(10)14/h3-6,18H,1-2H3. The Balaban J connectivity index is 2.71. The number of aromatic hydroxyl groups is 1. The van der Waals surface area contributed by atoms with E-state index in [1.807, 2.05) is 0 Å². The molecule has 0 atom stereocenters. The van der Waals surface area contributed by atoms with Crippen LogP contribution >= 0.6 is 0 Å². The summed E-state index contributed by atoms with van der Waals surface area (Å²) in [6, 6.07) is 3.43. The summed E-state index contributed by atoms with van der Waals surface area (Å²) in [6.07, 6.45) is 1.17. The zero-order valence-corrected chi connectivity index (χ0v) is 10.8. The Bertz CT molecular complexity index is 740. The number of carbonyl (C=O) groups is 1. The number of hydrogen-bond donors (Lipinski definition) is 1. The number of nitrogens with zero attached hydrogens (tertiary/aromatic N) is 2. The van der Waals surface area contributed by atoms with E-state index >= 15 is 0 Å². The highest BCUT2D eigenvalue weighted by Gasteiger charge is 2.16. The minimum Gasteiger partial charge on any atom is -0.508 e. The van der Waals surface area contributed by atoms with Gasteiger partial charge in [0.15, 0.2) is 23.0 Å². The van der Waals surface area contributed by atoms with Crippen molar-refractivity contribution >= 4 is 5.78 Å². The molecule has 7 heteroatoms. The SMILES string of the molecule is COc1cn(-c2ccc(O)cc2F)nc(C(C)=O)c1=O. The Morgan fingerprint density at radius 3 is 2.70 bits per heavy atom. The fourth-order valence-electron chi connectivity index (χ4n) is 1.65. The number of aromatic nitrogens is 2. The Labute approximate surface area is 113 Å². The molecule has 0 saturated heterocycles. The van der Waals surface area contributed by atoms with E-state index in [0.29, 0.717) is 0 Å². The lowest BCUT2D eigenvalue weighted by molar-refractivity contribution is 0.100. The van der Waals surface area contributed by atoms with Crippen LogP contribution in [0, 0.1) is 5.82 Å². The predicted molar refractivity (Wildman–Crippen MR) is 68.0 cm³/mol. The van der Waals surface area contributed by atoms with Crippen LogP contribution in [0.4, 0.5) is 4.39 Å². The number of ether oxygens (including phenoxy) is 1. The van der Waals surface area contributed by atoms with E-state index in [1.165, 1.54) is 32.4 Å². The van der Waals surface area contributed by atoms with Crippen molar-refractivity contribution in [3.8, 4) is 17.2 Å². The van der Waals surface area contributed by atoms with Crippen LogP contribution in [0.3, 0.4) is 0 Å². The fraction of sp³-hybridized carbons (Fsp3) is 0.154. The first-order chi connectivity index (χ1) is 9.43. The number of methoxy groups -OCH3 is 1. The van der Waals surface area contributed by atoms with Gasteiger partial charge in [0.05, 0.1) is 13.3 Å². The Morgan fingerprint density at radius 2 is 2.15 bits per heavy atom. The van der Waals surface area contributed by atoms with Gasteiger partial charge in [0, 0.05) is 13.0 Å². The summed E-state index contributed by atoms with van der Waals surface area (Å²) >= 11 is 0. The van der Waals surface area contributed by atoms with Crippen molar-refractivity contribution in [1.29, 1.82) is 0 Å². The monoisotopic (exact) mass is 278 g/mol. The zero-order valence-electron chi connectivity index (χ0n) is 10.8. The summed E-state index contributed by atoms with van der Waals surface area (Å²) in [5.74, 6) is -1.68. The van der Waals surface area contributed by atoms with E-state index in [0.717, 1.165) is 10.7 Å². The van der Waals surface area contributed by atoms with Crippen LogP contribution in [-0.4, -0.2) is 27.8 Å². The first kappa shape index (κ1) is 13.7. The molecule has 1 aromatic carbocycles. The van der Waals surface area contributed by atoms with Gasteiger partial charge in [-0.1, -0.05) is 0 Å². The largest absolute Gasteiger partial charge is 0.508 e. The summed E-state index contributed by atoms with van der Waals surface area (Å²) in [4.78, 5) is 23.2. The van der Waals surface area contributed by atoms with Crippen LogP contribution in [0.2, 0.25) is 0 Å². The van der Waals surface area contributed by atoms with E-state index in [2.05, 4.69) is 5.10 Å². The molecular weight excluding hydrogens is 267 g/mol. The van der Waals surface area contributed by atoms with Crippen molar-refractivity contribution in [2.45, 2.75) is 6.92 Å². The van der Waals surface area contributed by atoms with E-state index in [4.69, 9.17) is 4.74 Å². The molecule has 6 nitrogen and oxygen atoms in total. The molecule has 2 aromatic rings. The van der Waals surface area contributed by atoms with Crippen LogP contribution in [0.25, 0.3) is 5.69 Å². The van der Waals surface area contributed by atoms with Gasteiger partial charge in [-0.2, -0.15) is 5.10 Å². The third-order valence-electron chi connectivity index (χ3n) is 2.62. The summed E-state index contributed by atoms with van der Waals surface area (Å²) in [5.41, 5.74) is -1.03. The molecule has 1 heterocycles. The molecule has 0 amide bonds. The predicted octanol–water partition coefficient (Wildman–Crippen LogP) is 1.29. The third kappa shape index (κ3) is 2.37. The lowest BCUT2D eigenvalue weighted by atomic mass is 10.2. The lowest BCUT2D eigenvalue weighted by Crippen LogP contribution is -2.22. The molecule has 1 aromatic heterocycles. The molecule has 20 heavy (non-hydrogen) atoms. The van der Waals surface area contributed by atoms with E-state index in [9.17, 15) is 19.1 Å². The Morgan fingerprint density at radius 1 is 1.45 bits per heavy atom. The summed E-state index contributed by atoms with van der Waals surface area (Å²) in [6.45, 7) is 1.18. The Hall–Kier alpha value is -2.70. The number of ketones is 1. The van der Waals surface area contributed by atoms with Crippen LogP contribution in [0.15, 0.2) is 29.2 Å². The third-order valence-corrected chi connectivity index (χ3v) is 2.62. The molecule has 2 rings (SSSR count). The minimum atomic E-state index is -0.752. The number of phenolic OH excluding ortho intramolecular Hbond substituents is 1. The van der Waals surface area contributed by atoms with E-state index < -0.39 is 17.0 Å². The van der Waals surface area contributed by atoms with Gasteiger partial charge < -0.3 is 9.84 Å².